The fourth-order valence-corrected chi connectivity index (χ4v) is 2.04. The van der Waals surface area contributed by atoms with Crippen LogP contribution in [-0.2, 0) is 6.61 Å². The van der Waals surface area contributed by atoms with Crippen molar-refractivity contribution in [2.45, 2.75) is 12.7 Å². The Morgan fingerprint density at radius 2 is 2.00 bits per heavy atom. The van der Waals surface area contributed by atoms with Crippen LogP contribution < -0.4 is 4.74 Å². The Morgan fingerprint density at radius 1 is 1.22 bits per heavy atom. The predicted molar refractivity (Wildman–Crippen MR) is 78.9 cm³/mol. The Balaban J connectivity index is 2.01. The fourth-order valence-electron chi connectivity index (χ4n) is 1.53. The van der Waals surface area contributed by atoms with Crippen molar-refractivity contribution in [3.05, 3.63) is 59.8 Å². The van der Waals surface area contributed by atoms with E-state index in [0.29, 0.717) is 16.9 Å². The zero-order valence-corrected chi connectivity index (χ0v) is 11.9. The lowest BCUT2D eigenvalue weighted by Crippen LogP contribution is -2.01. The summed E-state index contributed by atoms with van der Waals surface area (Å²) < 4.78 is 6.26. The molecule has 0 radical (unpaired) electrons. The minimum absolute atomic E-state index is 0.465. The van der Waals surface area contributed by atoms with E-state index in [1.165, 1.54) is 0 Å². The molecule has 18 heavy (non-hydrogen) atoms. The summed E-state index contributed by atoms with van der Waals surface area (Å²) in [6.45, 7) is 0.484. The second-order valence-corrected chi connectivity index (χ2v) is 4.75. The van der Waals surface area contributed by atoms with Crippen LogP contribution in [0.15, 0.2) is 48.7 Å². The number of pyridine rings is 1. The Labute approximate surface area is 120 Å². The van der Waals surface area contributed by atoms with E-state index >= 15 is 0 Å². The molecule has 4 heteroatoms. The van der Waals surface area contributed by atoms with Crippen LogP contribution in [-0.4, -0.2) is 14.5 Å². The highest BCUT2D eigenvalue weighted by atomic mass is 127. The summed E-state index contributed by atoms with van der Waals surface area (Å²) >= 11 is 2.15. The number of alkyl halides is 1. The van der Waals surface area contributed by atoms with Gasteiger partial charge in [0.2, 0.25) is 5.88 Å². The summed E-state index contributed by atoms with van der Waals surface area (Å²) in [5.74, 6) is 0.542. The normalized spacial score (nSPS) is 12.1. The van der Waals surface area contributed by atoms with Crippen molar-refractivity contribution >= 4 is 22.6 Å². The van der Waals surface area contributed by atoms with Crippen LogP contribution in [0.4, 0.5) is 0 Å². The number of aliphatic hydroxyl groups excluding tert-OH is 1. The van der Waals surface area contributed by atoms with Crippen molar-refractivity contribution in [2.24, 2.45) is 0 Å². The molecular weight excluding hydrogens is 341 g/mol. The molecule has 0 saturated carbocycles. The van der Waals surface area contributed by atoms with Crippen molar-refractivity contribution in [3.8, 4) is 5.88 Å². The Morgan fingerprint density at radius 3 is 2.72 bits per heavy atom. The molecule has 0 bridgehead atoms. The Hall–Kier alpha value is -1.14. The summed E-state index contributed by atoms with van der Waals surface area (Å²) in [4.78, 5) is 4.14. The molecule has 1 heterocycles. The standard InChI is InChI=1S/C14H14INO2/c15-9-13(17)12-6-7-16-14(8-12)18-10-11-4-2-1-3-5-11/h1-8,13,17H,9-10H2/t13-/m1/s1. The third-order valence-electron chi connectivity index (χ3n) is 2.52. The Bertz CT molecular complexity index is 490. The minimum atomic E-state index is -0.465. The molecule has 0 unspecified atom stereocenters. The van der Waals surface area contributed by atoms with Crippen molar-refractivity contribution < 1.29 is 9.84 Å². The van der Waals surface area contributed by atoms with E-state index in [4.69, 9.17) is 4.74 Å². The molecule has 0 fully saturated rings. The first-order valence-electron chi connectivity index (χ1n) is 5.66. The molecule has 1 aromatic heterocycles. The van der Waals surface area contributed by atoms with E-state index < -0.39 is 6.10 Å². The van der Waals surface area contributed by atoms with Gasteiger partial charge in [-0.3, -0.25) is 0 Å². The molecule has 0 aliphatic rings. The zero-order valence-electron chi connectivity index (χ0n) is 9.79. The van der Waals surface area contributed by atoms with Crippen molar-refractivity contribution in [2.75, 3.05) is 4.43 Å². The van der Waals surface area contributed by atoms with Gasteiger partial charge >= 0.3 is 0 Å². The number of ether oxygens (including phenoxy) is 1. The molecular formula is C14H14INO2. The van der Waals surface area contributed by atoms with Gasteiger partial charge in [0, 0.05) is 16.7 Å². The smallest absolute Gasteiger partial charge is 0.213 e. The molecule has 1 N–H and O–H groups in total. The average Bonchev–Trinajstić information content (AvgIpc) is 2.45. The third kappa shape index (κ3) is 3.68. The van der Waals surface area contributed by atoms with Crippen LogP contribution >= 0.6 is 22.6 Å². The second kappa shape index (κ2) is 6.70. The zero-order chi connectivity index (χ0) is 12.8. The van der Waals surface area contributed by atoms with E-state index in [9.17, 15) is 5.11 Å². The van der Waals surface area contributed by atoms with E-state index in [1.54, 1.807) is 18.3 Å². The average molecular weight is 355 g/mol. The maximum Gasteiger partial charge on any atom is 0.213 e. The minimum Gasteiger partial charge on any atom is -0.473 e. The maximum absolute atomic E-state index is 9.75. The molecule has 1 atom stereocenters. The second-order valence-electron chi connectivity index (χ2n) is 3.87. The van der Waals surface area contributed by atoms with Gasteiger partial charge in [0.15, 0.2) is 0 Å². The molecule has 3 nitrogen and oxygen atoms in total. The molecule has 0 amide bonds. The molecule has 2 aromatic rings. The fraction of sp³-hybridized carbons (Fsp3) is 0.214. The van der Waals surface area contributed by atoms with E-state index in [1.807, 2.05) is 30.3 Å². The van der Waals surface area contributed by atoms with Gasteiger partial charge in [-0.05, 0) is 17.2 Å². The topological polar surface area (TPSA) is 42.4 Å². The summed E-state index contributed by atoms with van der Waals surface area (Å²) in [6.07, 6.45) is 1.19. The summed E-state index contributed by atoms with van der Waals surface area (Å²) in [6, 6.07) is 13.5. The number of hydrogen-bond acceptors (Lipinski definition) is 3. The van der Waals surface area contributed by atoms with Gasteiger partial charge in [0.1, 0.15) is 6.61 Å². The molecule has 0 spiro atoms. The predicted octanol–water partition coefficient (Wildman–Crippen LogP) is 3.13. The number of nitrogens with zero attached hydrogens (tertiary/aromatic N) is 1. The van der Waals surface area contributed by atoms with Gasteiger partial charge < -0.3 is 9.84 Å². The van der Waals surface area contributed by atoms with E-state index in [0.717, 1.165) is 11.1 Å². The largest absolute Gasteiger partial charge is 0.473 e. The van der Waals surface area contributed by atoms with Gasteiger partial charge in [0.25, 0.3) is 0 Å². The van der Waals surface area contributed by atoms with Crippen molar-refractivity contribution in [3.63, 3.8) is 0 Å². The van der Waals surface area contributed by atoms with Crippen LogP contribution in [0, 0.1) is 0 Å². The molecule has 1 aromatic carbocycles. The maximum atomic E-state index is 9.75. The molecule has 94 valence electrons. The highest BCUT2D eigenvalue weighted by Crippen LogP contribution is 2.19. The van der Waals surface area contributed by atoms with Crippen LogP contribution in [0.5, 0.6) is 5.88 Å². The third-order valence-corrected chi connectivity index (χ3v) is 3.35. The number of hydrogen-bond donors (Lipinski definition) is 1. The van der Waals surface area contributed by atoms with Gasteiger partial charge in [-0.25, -0.2) is 4.98 Å². The number of aromatic nitrogens is 1. The monoisotopic (exact) mass is 355 g/mol. The first-order chi connectivity index (χ1) is 8.79. The number of benzene rings is 1. The number of halogens is 1. The highest BCUT2D eigenvalue weighted by Gasteiger charge is 2.07. The van der Waals surface area contributed by atoms with Crippen LogP contribution in [0.2, 0.25) is 0 Å². The first-order valence-corrected chi connectivity index (χ1v) is 7.19. The molecule has 2 rings (SSSR count). The summed E-state index contributed by atoms with van der Waals surface area (Å²) in [5.41, 5.74) is 1.93. The van der Waals surface area contributed by atoms with Gasteiger partial charge in [-0.1, -0.05) is 52.9 Å². The van der Waals surface area contributed by atoms with Gasteiger partial charge in [-0.15, -0.1) is 0 Å². The summed E-state index contributed by atoms with van der Waals surface area (Å²) in [7, 11) is 0. The molecule has 0 aliphatic carbocycles. The first kappa shape index (κ1) is 13.3. The SMILES string of the molecule is O[C@H](CI)c1ccnc(OCc2ccccc2)c1. The van der Waals surface area contributed by atoms with E-state index in [-0.39, 0.29) is 0 Å². The Kier molecular flexibility index (Phi) is 4.95. The van der Waals surface area contributed by atoms with Crippen molar-refractivity contribution in [1.29, 1.82) is 0 Å². The van der Waals surface area contributed by atoms with Crippen LogP contribution in [0.1, 0.15) is 17.2 Å². The van der Waals surface area contributed by atoms with Crippen molar-refractivity contribution in [1.82, 2.24) is 4.98 Å². The lowest BCUT2D eigenvalue weighted by Gasteiger charge is -2.09. The lowest BCUT2D eigenvalue weighted by molar-refractivity contribution is 0.205. The van der Waals surface area contributed by atoms with E-state index in [2.05, 4.69) is 27.6 Å². The number of aliphatic hydroxyl groups is 1. The molecule has 0 aliphatic heterocycles. The van der Waals surface area contributed by atoms with Crippen LogP contribution in [0.3, 0.4) is 0 Å². The quantitative estimate of drug-likeness (QED) is 0.662. The summed E-state index contributed by atoms with van der Waals surface area (Å²) in [5, 5.41) is 9.75. The lowest BCUT2D eigenvalue weighted by atomic mass is 10.2. The van der Waals surface area contributed by atoms with Gasteiger partial charge in [-0.2, -0.15) is 0 Å². The highest BCUT2D eigenvalue weighted by molar-refractivity contribution is 14.1. The molecule has 0 saturated heterocycles. The number of rotatable bonds is 5. The van der Waals surface area contributed by atoms with Gasteiger partial charge in [0.05, 0.1) is 6.10 Å². The van der Waals surface area contributed by atoms with Crippen LogP contribution in [0.25, 0.3) is 0 Å².